The fraction of sp³-hybridized carbons (Fsp3) is 0.211. The molecule has 0 aliphatic rings. The first-order chi connectivity index (χ1) is 11.0. The number of methoxy groups -OCH3 is 2. The molecule has 0 amide bonds. The quantitative estimate of drug-likeness (QED) is 0.605. The van der Waals surface area contributed by atoms with Crippen molar-refractivity contribution in [2.75, 3.05) is 28.3 Å². The molecule has 2 aromatic carbocycles. The van der Waals surface area contributed by atoms with Crippen LogP contribution >= 0.6 is 0 Å². The van der Waals surface area contributed by atoms with E-state index in [9.17, 15) is 4.79 Å². The number of rotatable bonds is 6. The molecule has 4 nitrogen and oxygen atoms in total. The summed E-state index contributed by atoms with van der Waals surface area (Å²) in [6, 6.07) is 14.6. The highest BCUT2D eigenvalue weighted by atomic mass is 16.5. The van der Waals surface area contributed by atoms with Crippen LogP contribution in [0.3, 0.4) is 0 Å². The minimum atomic E-state index is -0.0356. The molecule has 4 heteroatoms. The summed E-state index contributed by atoms with van der Waals surface area (Å²) >= 11 is 0. The van der Waals surface area contributed by atoms with Gasteiger partial charge in [-0.3, -0.25) is 4.79 Å². The van der Waals surface area contributed by atoms with E-state index in [-0.39, 0.29) is 5.78 Å². The SMILES string of the molecule is COc1ccc(C(=O)/C(=C\N(C)C)c2ccc(OC)cc2)cc1. The summed E-state index contributed by atoms with van der Waals surface area (Å²) in [7, 11) is 7.01. The minimum Gasteiger partial charge on any atom is -0.497 e. The molecule has 0 heterocycles. The van der Waals surface area contributed by atoms with E-state index < -0.39 is 0 Å². The molecule has 0 fully saturated rings. The van der Waals surface area contributed by atoms with Gasteiger partial charge in [0, 0.05) is 31.4 Å². The Labute approximate surface area is 137 Å². The number of ketones is 1. The van der Waals surface area contributed by atoms with Crippen molar-refractivity contribution in [1.29, 1.82) is 0 Å². The van der Waals surface area contributed by atoms with Crippen LogP contribution in [0.5, 0.6) is 11.5 Å². The van der Waals surface area contributed by atoms with Crippen molar-refractivity contribution in [3.05, 3.63) is 65.9 Å². The van der Waals surface area contributed by atoms with Crippen LogP contribution in [-0.2, 0) is 0 Å². The van der Waals surface area contributed by atoms with Crippen molar-refractivity contribution < 1.29 is 14.3 Å². The highest BCUT2D eigenvalue weighted by Crippen LogP contribution is 2.24. The molecule has 0 bridgehead atoms. The van der Waals surface area contributed by atoms with E-state index >= 15 is 0 Å². The second-order valence-corrected chi connectivity index (χ2v) is 5.29. The fourth-order valence-electron chi connectivity index (χ4n) is 2.19. The maximum Gasteiger partial charge on any atom is 0.195 e. The van der Waals surface area contributed by atoms with E-state index in [4.69, 9.17) is 9.47 Å². The Balaban J connectivity index is 2.38. The zero-order chi connectivity index (χ0) is 16.8. The molecule has 0 saturated carbocycles. The van der Waals surface area contributed by atoms with Crippen molar-refractivity contribution in [2.24, 2.45) is 0 Å². The predicted molar refractivity (Wildman–Crippen MR) is 92.0 cm³/mol. The number of hydrogen-bond acceptors (Lipinski definition) is 4. The maximum atomic E-state index is 12.9. The van der Waals surface area contributed by atoms with Gasteiger partial charge in [-0.1, -0.05) is 12.1 Å². The van der Waals surface area contributed by atoms with E-state index in [1.807, 2.05) is 49.5 Å². The van der Waals surface area contributed by atoms with Gasteiger partial charge in [0.05, 0.1) is 14.2 Å². The second kappa shape index (κ2) is 7.49. The summed E-state index contributed by atoms with van der Waals surface area (Å²) in [5.74, 6) is 1.45. The summed E-state index contributed by atoms with van der Waals surface area (Å²) < 4.78 is 10.3. The van der Waals surface area contributed by atoms with Gasteiger partial charge in [-0.2, -0.15) is 0 Å². The van der Waals surface area contributed by atoms with Crippen molar-refractivity contribution in [1.82, 2.24) is 4.90 Å². The lowest BCUT2D eigenvalue weighted by Gasteiger charge is -2.13. The van der Waals surface area contributed by atoms with Gasteiger partial charge in [-0.25, -0.2) is 0 Å². The number of carbonyl (C=O) groups is 1. The predicted octanol–water partition coefficient (Wildman–Crippen LogP) is 3.49. The lowest BCUT2D eigenvalue weighted by atomic mass is 9.97. The van der Waals surface area contributed by atoms with E-state index in [0.717, 1.165) is 17.1 Å². The van der Waals surface area contributed by atoms with Crippen LogP contribution in [-0.4, -0.2) is 39.0 Å². The number of Topliss-reactive ketones (excluding diaryl/α,β-unsaturated/α-hetero) is 1. The Morgan fingerprint density at radius 2 is 1.26 bits per heavy atom. The van der Waals surface area contributed by atoms with Gasteiger partial charge in [-0.05, 0) is 42.0 Å². The van der Waals surface area contributed by atoms with Crippen molar-refractivity contribution >= 4 is 11.4 Å². The third kappa shape index (κ3) is 4.13. The van der Waals surface area contributed by atoms with Crippen LogP contribution in [0, 0.1) is 0 Å². The molecule has 0 atom stereocenters. The summed E-state index contributed by atoms with van der Waals surface area (Å²) in [5.41, 5.74) is 2.10. The molecule has 0 saturated heterocycles. The highest BCUT2D eigenvalue weighted by Gasteiger charge is 2.15. The summed E-state index contributed by atoms with van der Waals surface area (Å²) in [6.45, 7) is 0. The maximum absolute atomic E-state index is 12.9. The lowest BCUT2D eigenvalue weighted by molar-refractivity contribution is 0.105. The first-order valence-corrected chi connectivity index (χ1v) is 7.26. The molecule has 0 aromatic heterocycles. The van der Waals surface area contributed by atoms with E-state index in [2.05, 4.69) is 0 Å². The third-order valence-corrected chi connectivity index (χ3v) is 3.39. The average Bonchev–Trinajstić information content (AvgIpc) is 2.59. The van der Waals surface area contributed by atoms with E-state index in [1.165, 1.54) is 0 Å². The molecular weight excluding hydrogens is 290 g/mol. The summed E-state index contributed by atoms with van der Waals surface area (Å²) in [5, 5.41) is 0. The standard InChI is InChI=1S/C19H21NO3/c1-20(2)13-18(14-5-9-16(22-3)10-6-14)19(21)15-7-11-17(23-4)12-8-15/h5-13H,1-4H3/b18-13-. The van der Waals surface area contributed by atoms with Crippen LogP contribution < -0.4 is 9.47 Å². The smallest absolute Gasteiger partial charge is 0.195 e. The molecule has 23 heavy (non-hydrogen) atoms. The molecule has 120 valence electrons. The van der Waals surface area contributed by atoms with Gasteiger partial charge >= 0.3 is 0 Å². The molecule has 0 unspecified atom stereocenters. The number of nitrogens with zero attached hydrogens (tertiary/aromatic N) is 1. The Hall–Kier alpha value is -2.75. The van der Waals surface area contributed by atoms with Crippen LogP contribution in [0.25, 0.3) is 5.57 Å². The van der Waals surface area contributed by atoms with Crippen molar-refractivity contribution in [3.8, 4) is 11.5 Å². The van der Waals surface area contributed by atoms with Crippen LogP contribution in [0.15, 0.2) is 54.7 Å². The Kier molecular flexibility index (Phi) is 5.41. The third-order valence-electron chi connectivity index (χ3n) is 3.39. The molecule has 0 radical (unpaired) electrons. The normalized spacial score (nSPS) is 11.0. The molecule has 0 N–H and O–H groups in total. The number of ether oxygens (including phenoxy) is 2. The number of carbonyl (C=O) groups excluding carboxylic acids is 1. The largest absolute Gasteiger partial charge is 0.497 e. The van der Waals surface area contributed by atoms with Gasteiger partial charge in [0.15, 0.2) is 5.78 Å². The van der Waals surface area contributed by atoms with Crippen molar-refractivity contribution in [2.45, 2.75) is 0 Å². The number of allylic oxidation sites excluding steroid dienone is 1. The topological polar surface area (TPSA) is 38.8 Å². The first kappa shape index (κ1) is 16.6. The van der Waals surface area contributed by atoms with Gasteiger partial charge in [-0.15, -0.1) is 0 Å². The number of benzene rings is 2. The Morgan fingerprint density at radius 1 is 0.826 bits per heavy atom. The summed E-state index contributed by atoms with van der Waals surface area (Å²) in [4.78, 5) is 14.7. The summed E-state index contributed by atoms with van der Waals surface area (Å²) in [6.07, 6.45) is 1.83. The molecule has 0 aliphatic heterocycles. The van der Waals surface area contributed by atoms with Gasteiger partial charge < -0.3 is 14.4 Å². The second-order valence-electron chi connectivity index (χ2n) is 5.29. The zero-order valence-electron chi connectivity index (χ0n) is 13.9. The fourth-order valence-corrected chi connectivity index (χ4v) is 2.19. The lowest BCUT2D eigenvalue weighted by Crippen LogP contribution is -2.09. The van der Waals surface area contributed by atoms with Gasteiger partial charge in [0.25, 0.3) is 0 Å². The number of hydrogen-bond donors (Lipinski definition) is 0. The molecule has 2 rings (SSSR count). The van der Waals surface area contributed by atoms with Gasteiger partial charge in [0.2, 0.25) is 0 Å². The van der Waals surface area contributed by atoms with Gasteiger partial charge in [0.1, 0.15) is 11.5 Å². The van der Waals surface area contributed by atoms with E-state index in [0.29, 0.717) is 11.1 Å². The Morgan fingerprint density at radius 3 is 1.65 bits per heavy atom. The van der Waals surface area contributed by atoms with Crippen LogP contribution in [0.4, 0.5) is 0 Å². The zero-order valence-corrected chi connectivity index (χ0v) is 13.9. The Bertz CT molecular complexity index is 686. The van der Waals surface area contributed by atoms with Crippen LogP contribution in [0.2, 0.25) is 0 Å². The molecule has 0 aliphatic carbocycles. The first-order valence-electron chi connectivity index (χ1n) is 7.26. The monoisotopic (exact) mass is 311 g/mol. The molecule has 2 aromatic rings. The van der Waals surface area contributed by atoms with Crippen molar-refractivity contribution in [3.63, 3.8) is 0 Å². The highest BCUT2D eigenvalue weighted by molar-refractivity contribution is 6.28. The molecular formula is C19H21NO3. The van der Waals surface area contributed by atoms with Crippen LogP contribution in [0.1, 0.15) is 15.9 Å². The molecule has 0 spiro atoms. The van der Waals surface area contributed by atoms with E-state index in [1.54, 1.807) is 38.5 Å². The average molecular weight is 311 g/mol. The minimum absolute atomic E-state index is 0.0356.